The minimum atomic E-state index is -5.09. The van der Waals surface area contributed by atoms with Gasteiger partial charge in [-0.3, -0.25) is 14.4 Å². The number of carbonyl (C=O) groups is 3. The number of alkyl halides is 3. The van der Waals surface area contributed by atoms with E-state index in [0.29, 0.717) is 30.0 Å². The van der Waals surface area contributed by atoms with E-state index in [1.54, 1.807) is 54.0 Å². The standard InChI is InChI=1S/C24H32F3N5O3/c1-14(2)10-16-7-9-31(22(34)17-6-5-8-32-13-28-11-19(17)32)12-18(16)29-21(33)20(15(3)4)30-23(35)24(25,26)27/h5-6,8,11,13-16,18,20H,7,9-10,12H2,1-4H3,(H,29,33)(H,30,35)/t16-,18+,20+/m0/s1. The number of aromatic nitrogens is 2. The average molecular weight is 496 g/mol. The molecule has 192 valence electrons. The number of likely N-dealkylation sites (tertiary alicyclic amines) is 1. The molecule has 3 atom stereocenters. The minimum Gasteiger partial charge on any atom is -0.350 e. The maximum Gasteiger partial charge on any atom is 0.471 e. The van der Waals surface area contributed by atoms with Crippen molar-refractivity contribution in [1.29, 1.82) is 0 Å². The molecular formula is C24H32F3N5O3. The number of carbonyl (C=O) groups excluding carboxylic acids is 3. The second-order valence-corrected chi connectivity index (χ2v) is 9.85. The monoisotopic (exact) mass is 495 g/mol. The number of halogens is 3. The smallest absolute Gasteiger partial charge is 0.350 e. The van der Waals surface area contributed by atoms with Crippen LogP contribution in [0.5, 0.6) is 0 Å². The van der Waals surface area contributed by atoms with Crippen molar-refractivity contribution in [3.05, 3.63) is 36.4 Å². The number of pyridine rings is 1. The molecule has 2 aromatic rings. The zero-order valence-electron chi connectivity index (χ0n) is 20.3. The van der Waals surface area contributed by atoms with Gasteiger partial charge in [0.2, 0.25) is 5.91 Å². The molecule has 1 fully saturated rings. The van der Waals surface area contributed by atoms with Crippen molar-refractivity contribution >= 4 is 23.2 Å². The summed E-state index contributed by atoms with van der Waals surface area (Å²) in [6.45, 7) is 7.95. The summed E-state index contributed by atoms with van der Waals surface area (Å²) in [5.74, 6) is -3.24. The molecule has 0 saturated carbocycles. The van der Waals surface area contributed by atoms with Gasteiger partial charge in [0.25, 0.3) is 5.91 Å². The molecule has 0 aliphatic carbocycles. The van der Waals surface area contributed by atoms with Gasteiger partial charge in [-0.2, -0.15) is 13.2 Å². The summed E-state index contributed by atoms with van der Waals surface area (Å²) in [7, 11) is 0. The molecule has 3 amide bonds. The maximum absolute atomic E-state index is 13.4. The number of hydrogen-bond donors (Lipinski definition) is 2. The Kier molecular flexibility index (Phi) is 8.07. The van der Waals surface area contributed by atoms with Crippen LogP contribution in [0, 0.1) is 17.8 Å². The van der Waals surface area contributed by atoms with Gasteiger partial charge in [0, 0.05) is 25.3 Å². The van der Waals surface area contributed by atoms with Crippen LogP contribution in [-0.4, -0.2) is 63.4 Å². The van der Waals surface area contributed by atoms with Gasteiger partial charge in [0.15, 0.2) is 0 Å². The molecule has 1 saturated heterocycles. The molecule has 8 nitrogen and oxygen atoms in total. The molecule has 0 radical (unpaired) electrons. The van der Waals surface area contributed by atoms with Crippen LogP contribution >= 0.6 is 0 Å². The Labute approximate surface area is 202 Å². The van der Waals surface area contributed by atoms with Crippen molar-refractivity contribution in [3.8, 4) is 0 Å². The van der Waals surface area contributed by atoms with Crippen LogP contribution in [0.15, 0.2) is 30.9 Å². The van der Waals surface area contributed by atoms with Gasteiger partial charge >= 0.3 is 12.1 Å². The van der Waals surface area contributed by atoms with E-state index in [-0.39, 0.29) is 18.4 Å². The van der Waals surface area contributed by atoms with E-state index in [0.717, 1.165) is 6.42 Å². The number of rotatable bonds is 7. The second-order valence-electron chi connectivity index (χ2n) is 9.85. The summed E-state index contributed by atoms with van der Waals surface area (Å²) >= 11 is 0. The molecular weight excluding hydrogens is 463 g/mol. The molecule has 0 unspecified atom stereocenters. The zero-order chi connectivity index (χ0) is 25.9. The second kappa shape index (κ2) is 10.7. The van der Waals surface area contributed by atoms with Crippen LogP contribution in [0.2, 0.25) is 0 Å². The summed E-state index contributed by atoms with van der Waals surface area (Å²) in [4.78, 5) is 43.6. The van der Waals surface area contributed by atoms with Gasteiger partial charge in [0.05, 0.1) is 23.6 Å². The van der Waals surface area contributed by atoms with E-state index in [4.69, 9.17) is 0 Å². The molecule has 0 bridgehead atoms. The average Bonchev–Trinajstić information content (AvgIpc) is 3.25. The Morgan fingerprint density at radius 3 is 2.54 bits per heavy atom. The summed E-state index contributed by atoms with van der Waals surface area (Å²) in [5.41, 5.74) is 1.15. The molecule has 3 rings (SSSR count). The fourth-order valence-electron chi connectivity index (χ4n) is 4.57. The molecule has 1 aliphatic rings. The lowest BCUT2D eigenvalue weighted by atomic mass is 9.84. The zero-order valence-corrected chi connectivity index (χ0v) is 20.3. The number of fused-ring (bicyclic) bond motifs is 1. The Morgan fingerprint density at radius 2 is 1.91 bits per heavy atom. The van der Waals surface area contributed by atoms with Crippen molar-refractivity contribution < 1.29 is 27.6 Å². The SMILES string of the molecule is CC(C)C[C@@H]1CCN(C(=O)c2cccn3cncc23)C[C@H]1NC(=O)[C@H](NC(=O)C(F)(F)F)C(C)C. The topological polar surface area (TPSA) is 95.8 Å². The van der Waals surface area contributed by atoms with Crippen LogP contribution < -0.4 is 10.6 Å². The van der Waals surface area contributed by atoms with Crippen molar-refractivity contribution in [2.45, 2.75) is 58.8 Å². The number of hydrogen-bond acceptors (Lipinski definition) is 4. The Bertz CT molecular complexity index is 1070. The van der Waals surface area contributed by atoms with Gasteiger partial charge < -0.3 is 19.9 Å². The first kappa shape index (κ1) is 26.5. The summed E-state index contributed by atoms with van der Waals surface area (Å²) in [6, 6.07) is 1.66. The van der Waals surface area contributed by atoms with Gasteiger partial charge in [-0.15, -0.1) is 0 Å². The first-order valence-electron chi connectivity index (χ1n) is 11.8. The highest BCUT2D eigenvalue weighted by Gasteiger charge is 2.42. The highest BCUT2D eigenvalue weighted by molar-refractivity contribution is 6.00. The number of piperidine rings is 1. The largest absolute Gasteiger partial charge is 0.471 e. The third-order valence-corrected chi connectivity index (χ3v) is 6.32. The first-order valence-corrected chi connectivity index (χ1v) is 11.8. The van der Waals surface area contributed by atoms with E-state index < -0.39 is 36.0 Å². The molecule has 2 aromatic heterocycles. The number of nitrogens with one attached hydrogen (secondary N) is 2. The molecule has 35 heavy (non-hydrogen) atoms. The molecule has 3 heterocycles. The normalized spacial score (nSPS) is 19.7. The van der Waals surface area contributed by atoms with Crippen LogP contribution in [0.1, 0.15) is 50.9 Å². The quantitative estimate of drug-likeness (QED) is 0.617. The molecule has 11 heteroatoms. The van der Waals surface area contributed by atoms with E-state index in [9.17, 15) is 27.6 Å². The Balaban J connectivity index is 1.79. The predicted octanol–water partition coefficient (Wildman–Crippen LogP) is 3.03. The van der Waals surface area contributed by atoms with E-state index in [1.165, 1.54) is 0 Å². The van der Waals surface area contributed by atoms with E-state index >= 15 is 0 Å². The first-order chi connectivity index (χ1) is 16.4. The van der Waals surface area contributed by atoms with Crippen LogP contribution in [0.3, 0.4) is 0 Å². The lowest BCUT2D eigenvalue weighted by Gasteiger charge is -2.40. The fourth-order valence-corrected chi connectivity index (χ4v) is 4.57. The maximum atomic E-state index is 13.4. The van der Waals surface area contributed by atoms with Crippen molar-refractivity contribution in [1.82, 2.24) is 24.9 Å². The third-order valence-electron chi connectivity index (χ3n) is 6.32. The fraction of sp³-hybridized carbons (Fsp3) is 0.583. The predicted molar refractivity (Wildman–Crippen MR) is 123 cm³/mol. The Morgan fingerprint density at radius 1 is 1.20 bits per heavy atom. The number of amides is 3. The van der Waals surface area contributed by atoms with Gasteiger partial charge in [0.1, 0.15) is 6.04 Å². The van der Waals surface area contributed by atoms with Crippen molar-refractivity contribution in [2.75, 3.05) is 13.1 Å². The van der Waals surface area contributed by atoms with Crippen molar-refractivity contribution in [3.63, 3.8) is 0 Å². The summed E-state index contributed by atoms with van der Waals surface area (Å²) < 4.78 is 40.1. The molecule has 2 N–H and O–H groups in total. The van der Waals surface area contributed by atoms with Gasteiger partial charge in [-0.1, -0.05) is 27.7 Å². The van der Waals surface area contributed by atoms with Gasteiger partial charge in [-0.05, 0) is 42.7 Å². The van der Waals surface area contributed by atoms with Crippen LogP contribution in [0.4, 0.5) is 13.2 Å². The van der Waals surface area contributed by atoms with Crippen LogP contribution in [-0.2, 0) is 9.59 Å². The third kappa shape index (κ3) is 6.32. The number of nitrogens with zero attached hydrogens (tertiary/aromatic N) is 3. The highest BCUT2D eigenvalue weighted by Crippen LogP contribution is 2.27. The molecule has 0 spiro atoms. The highest BCUT2D eigenvalue weighted by atomic mass is 19.4. The summed E-state index contributed by atoms with van der Waals surface area (Å²) in [6.07, 6.45) is 1.33. The molecule has 1 aliphatic heterocycles. The van der Waals surface area contributed by atoms with Crippen molar-refractivity contribution in [2.24, 2.45) is 17.8 Å². The minimum absolute atomic E-state index is 0.0416. The Hall–Kier alpha value is -3.11. The van der Waals surface area contributed by atoms with Crippen LogP contribution in [0.25, 0.3) is 5.52 Å². The lowest BCUT2D eigenvalue weighted by Crippen LogP contribution is -2.59. The lowest BCUT2D eigenvalue weighted by molar-refractivity contribution is -0.175. The van der Waals surface area contributed by atoms with Gasteiger partial charge in [-0.25, -0.2) is 4.98 Å². The summed E-state index contributed by atoms with van der Waals surface area (Å²) in [5, 5.41) is 4.66. The number of imidazole rings is 1. The van der Waals surface area contributed by atoms with E-state index in [2.05, 4.69) is 24.1 Å². The molecule has 0 aromatic carbocycles. The van der Waals surface area contributed by atoms with E-state index in [1.807, 2.05) is 5.32 Å².